The van der Waals surface area contributed by atoms with Gasteiger partial charge in [0.1, 0.15) is 11.6 Å². The van der Waals surface area contributed by atoms with Crippen LogP contribution in [0.4, 0.5) is 0 Å². The smallest absolute Gasteiger partial charge is 0.303 e. The Morgan fingerprint density at radius 1 is 1.17 bits per heavy atom. The fourth-order valence-corrected chi connectivity index (χ4v) is 8.27. The van der Waals surface area contributed by atoms with E-state index in [2.05, 4.69) is 33.8 Å². The number of ketones is 2. The van der Waals surface area contributed by atoms with E-state index in [9.17, 15) is 14.4 Å². The Hall–Kier alpha value is -1.45. The normalized spacial score (nSPS) is 45.6. The zero-order chi connectivity index (χ0) is 21.8. The van der Waals surface area contributed by atoms with Gasteiger partial charge in [-0.15, -0.1) is 0 Å². The van der Waals surface area contributed by atoms with Crippen molar-refractivity contribution in [1.29, 1.82) is 0 Å². The highest BCUT2D eigenvalue weighted by atomic mass is 16.4. The van der Waals surface area contributed by atoms with Crippen molar-refractivity contribution < 1.29 is 19.5 Å². The molecule has 4 aliphatic rings. The largest absolute Gasteiger partial charge is 0.481 e. The van der Waals surface area contributed by atoms with E-state index < -0.39 is 11.4 Å². The van der Waals surface area contributed by atoms with Crippen molar-refractivity contribution in [2.45, 2.75) is 85.5 Å². The topological polar surface area (TPSA) is 71.4 Å². The molecular weight excluding hydrogens is 376 g/mol. The number of carbonyl (C=O) groups is 3. The Morgan fingerprint density at radius 2 is 1.90 bits per heavy atom. The molecule has 0 heterocycles. The number of carboxylic acid groups (broad SMARTS) is 1. The Kier molecular flexibility index (Phi) is 5.51. The van der Waals surface area contributed by atoms with Gasteiger partial charge in [0, 0.05) is 30.6 Å². The van der Waals surface area contributed by atoms with Crippen LogP contribution in [0.1, 0.15) is 85.5 Å². The molecule has 8 atom stereocenters. The number of carbonyl (C=O) groups excluding carboxylic acids is 2. The average molecular weight is 415 g/mol. The highest BCUT2D eigenvalue weighted by Crippen LogP contribution is 2.66. The first-order valence-corrected chi connectivity index (χ1v) is 12.0. The summed E-state index contributed by atoms with van der Waals surface area (Å²) >= 11 is 0. The second kappa shape index (κ2) is 7.60. The summed E-state index contributed by atoms with van der Waals surface area (Å²) in [6.45, 7) is 8.70. The highest BCUT2D eigenvalue weighted by molar-refractivity contribution is 5.92. The van der Waals surface area contributed by atoms with Gasteiger partial charge in [0.15, 0.2) is 0 Å². The minimum atomic E-state index is -0.768. The molecular formula is C26H38O4. The van der Waals surface area contributed by atoms with Crippen LogP contribution >= 0.6 is 0 Å². The predicted octanol–water partition coefficient (Wildman–Crippen LogP) is 5.45. The van der Waals surface area contributed by atoms with Gasteiger partial charge in [-0.05, 0) is 80.5 Å². The third-order valence-corrected chi connectivity index (χ3v) is 10.2. The Bertz CT molecular complexity index is 782. The van der Waals surface area contributed by atoms with Gasteiger partial charge < -0.3 is 5.11 Å². The van der Waals surface area contributed by atoms with Gasteiger partial charge in [-0.2, -0.15) is 0 Å². The number of aliphatic carboxylic acids is 1. The summed E-state index contributed by atoms with van der Waals surface area (Å²) in [6.07, 6.45) is 9.33. The van der Waals surface area contributed by atoms with Crippen LogP contribution in [0.15, 0.2) is 11.6 Å². The number of fused-ring (bicyclic) bond motifs is 5. The van der Waals surface area contributed by atoms with Gasteiger partial charge in [-0.1, -0.05) is 32.4 Å². The lowest BCUT2D eigenvalue weighted by Crippen LogP contribution is -2.59. The minimum absolute atomic E-state index is 0.0257. The summed E-state index contributed by atoms with van der Waals surface area (Å²) in [5.74, 6) is 1.14. The third kappa shape index (κ3) is 3.12. The van der Waals surface area contributed by atoms with E-state index in [0.717, 1.165) is 32.1 Å². The Balaban J connectivity index is 1.62. The lowest BCUT2D eigenvalue weighted by Gasteiger charge is -2.59. The predicted molar refractivity (Wildman–Crippen MR) is 116 cm³/mol. The molecule has 0 aromatic heterocycles. The van der Waals surface area contributed by atoms with Crippen LogP contribution in [-0.2, 0) is 14.4 Å². The molecule has 0 spiro atoms. The molecule has 4 fully saturated rings. The van der Waals surface area contributed by atoms with Crippen LogP contribution in [0, 0.1) is 46.3 Å². The van der Waals surface area contributed by atoms with Gasteiger partial charge in [-0.3, -0.25) is 14.4 Å². The standard InChI is InChI=1S/C26H38O4/c1-5-16-10-11-25(3)17(12-16)13-21(27)24-19-8-7-18(15(2)6-9-23(29)30)26(19,4)22(28)14-20(24)25/h5,15,17-20,24H,6-14H2,1-4H3,(H,29,30)/b16-5-/t15-,17+,18-,19+,20+,24+,25+,26-/m1/s1. The summed E-state index contributed by atoms with van der Waals surface area (Å²) in [5, 5.41) is 9.10. The Labute approximate surface area is 180 Å². The summed E-state index contributed by atoms with van der Waals surface area (Å²) in [5.41, 5.74) is 1.11. The van der Waals surface area contributed by atoms with Gasteiger partial charge in [0.2, 0.25) is 0 Å². The monoisotopic (exact) mass is 414 g/mol. The maximum atomic E-state index is 13.7. The van der Waals surface area contributed by atoms with Crippen molar-refractivity contribution in [3.05, 3.63) is 11.6 Å². The number of Topliss-reactive ketones (excluding diaryl/α,β-unsaturated/α-hetero) is 2. The molecule has 4 heteroatoms. The maximum absolute atomic E-state index is 13.7. The van der Waals surface area contributed by atoms with E-state index in [0.29, 0.717) is 36.7 Å². The zero-order valence-corrected chi connectivity index (χ0v) is 19.1. The second-order valence-corrected chi connectivity index (χ2v) is 11.3. The van der Waals surface area contributed by atoms with Crippen molar-refractivity contribution in [2.24, 2.45) is 46.3 Å². The Morgan fingerprint density at radius 3 is 2.57 bits per heavy atom. The first-order valence-electron chi connectivity index (χ1n) is 12.0. The SMILES string of the molecule is C/C=C1/CC[C@@]2(C)[C@H](CC(=O)[C@@H]3[C@@H]2CC(=O)[C@]2(C)[C@@H]([C@H](C)CCC(=O)O)CC[C@@H]32)C1. The molecule has 4 aliphatic carbocycles. The second-order valence-electron chi connectivity index (χ2n) is 11.3. The summed E-state index contributed by atoms with van der Waals surface area (Å²) < 4.78 is 0. The van der Waals surface area contributed by atoms with Gasteiger partial charge in [0.05, 0.1) is 0 Å². The summed E-state index contributed by atoms with van der Waals surface area (Å²) in [7, 11) is 0. The molecule has 0 aliphatic heterocycles. The van der Waals surface area contributed by atoms with Crippen LogP contribution < -0.4 is 0 Å². The van der Waals surface area contributed by atoms with Gasteiger partial charge in [0.25, 0.3) is 0 Å². The molecule has 0 aromatic carbocycles. The molecule has 1 N–H and O–H groups in total. The molecule has 0 amide bonds. The van der Waals surface area contributed by atoms with Gasteiger partial charge >= 0.3 is 5.97 Å². The number of hydrogen-bond donors (Lipinski definition) is 1. The molecule has 166 valence electrons. The van der Waals surface area contributed by atoms with Crippen LogP contribution in [0.2, 0.25) is 0 Å². The van der Waals surface area contributed by atoms with Crippen LogP contribution in [0.5, 0.6) is 0 Å². The number of rotatable bonds is 4. The van der Waals surface area contributed by atoms with Crippen molar-refractivity contribution in [2.75, 3.05) is 0 Å². The molecule has 0 saturated heterocycles. The lowest BCUT2D eigenvalue weighted by atomic mass is 9.43. The first-order chi connectivity index (χ1) is 14.1. The van der Waals surface area contributed by atoms with Crippen molar-refractivity contribution >= 4 is 17.5 Å². The van der Waals surface area contributed by atoms with E-state index in [1.165, 1.54) is 5.57 Å². The maximum Gasteiger partial charge on any atom is 0.303 e. The average Bonchev–Trinajstić information content (AvgIpc) is 3.05. The first kappa shape index (κ1) is 21.8. The van der Waals surface area contributed by atoms with Crippen molar-refractivity contribution in [3.63, 3.8) is 0 Å². The molecule has 4 rings (SSSR count). The van der Waals surface area contributed by atoms with Crippen LogP contribution in [0.3, 0.4) is 0 Å². The van der Waals surface area contributed by atoms with E-state index in [1.54, 1.807) is 0 Å². The summed E-state index contributed by atoms with van der Waals surface area (Å²) in [6, 6.07) is 0. The molecule has 4 nitrogen and oxygen atoms in total. The fraction of sp³-hybridized carbons (Fsp3) is 0.808. The molecule has 0 aromatic rings. The van der Waals surface area contributed by atoms with E-state index in [1.807, 2.05) is 0 Å². The number of hydrogen-bond acceptors (Lipinski definition) is 3. The van der Waals surface area contributed by atoms with E-state index in [-0.39, 0.29) is 41.4 Å². The van der Waals surface area contributed by atoms with Crippen LogP contribution in [-0.4, -0.2) is 22.6 Å². The number of allylic oxidation sites excluding steroid dienone is 2. The minimum Gasteiger partial charge on any atom is -0.481 e. The quantitative estimate of drug-likeness (QED) is 0.621. The molecule has 0 unspecified atom stereocenters. The lowest BCUT2D eigenvalue weighted by molar-refractivity contribution is -0.164. The molecule has 0 radical (unpaired) electrons. The zero-order valence-electron chi connectivity index (χ0n) is 19.1. The third-order valence-electron chi connectivity index (χ3n) is 10.2. The highest BCUT2D eigenvalue weighted by Gasteiger charge is 2.65. The summed E-state index contributed by atoms with van der Waals surface area (Å²) in [4.78, 5) is 38.3. The van der Waals surface area contributed by atoms with E-state index >= 15 is 0 Å². The van der Waals surface area contributed by atoms with Crippen molar-refractivity contribution in [1.82, 2.24) is 0 Å². The van der Waals surface area contributed by atoms with Crippen LogP contribution in [0.25, 0.3) is 0 Å². The molecule has 4 saturated carbocycles. The molecule has 30 heavy (non-hydrogen) atoms. The fourth-order valence-electron chi connectivity index (χ4n) is 8.27. The van der Waals surface area contributed by atoms with E-state index in [4.69, 9.17) is 5.11 Å². The van der Waals surface area contributed by atoms with Crippen molar-refractivity contribution in [3.8, 4) is 0 Å². The molecule has 0 bridgehead atoms. The van der Waals surface area contributed by atoms with Gasteiger partial charge in [-0.25, -0.2) is 0 Å². The number of carboxylic acids is 1.